The molecule has 0 amide bonds. The van der Waals surface area contributed by atoms with Crippen LogP contribution in [0.5, 0.6) is 11.5 Å². The molecule has 1 heterocycles. The summed E-state index contributed by atoms with van der Waals surface area (Å²) in [4.78, 5) is 12.5. The van der Waals surface area contributed by atoms with Gasteiger partial charge >= 0.3 is 5.92 Å². The largest absolute Gasteiger partial charge is 0.493 e. The summed E-state index contributed by atoms with van der Waals surface area (Å²) < 4.78 is 45.4. The first-order valence-corrected chi connectivity index (χ1v) is 10.7. The number of aromatic nitrogens is 1. The minimum Gasteiger partial charge on any atom is -0.493 e. The molecule has 0 aliphatic carbocycles. The van der Waals surface area contributed by atoms with E-state index >= 15 is 0 Å². The lowest BCUT2D eigenvalue weighted by molar-refractivity contribution is -0.171. The van der Waals surface area contributed by atoms with Gasteiger partial charge in [-0.15, -0.1) is 0 Å². The van der Waals surface area contributed by atoms with Crippen LogP contribution in [0.3, 0.4) is 0 Å². The van der Waals surface area contributed by atoms with E-state index in [0.29, 0.717) is 47.4 Å². The minimum atomic E-state index is -3.52. The highest BCUT2D eigenvalue weighted by Crippen LogP contribution is 2.38. The third kappa shape index (κ3) is 6.48. The zero-order valence-corrected chi connectivity index (χ0v) is 20.4. The van der Waals surface area contributed by atoms with E-state index < -0.39 is 17.2 Å². The van der Waals surface area contributed by atoms with Gasteiger partial charge in [0.05, 0.1) is 19.4 Å². The van der Waals surface area contributed by atoms with Crippen LogP contribution in [0, 0.1) is 0 Å². The lowest BCUT2D eigenvalue weighted by Gasteiger charge is -2.28. The number of aliphatic imine (C=N–C) groups is 2. The molecule has 0 aliphatic rings. The van der Waals surface area contributed by atoms with Crippen molar-refractivity contribution in [3.8, 4) is 11.5 Å². The fourth-order valence-corrected chi connectivity index (χ4v) is 3.04. The number of rotatable bonds is 11. The molecule has 8 nitrogen and oxygen atoms in total. The standard InChI is InChI=1S/C24H32F2N4O4/c1-7-28-18-14-19(33-6)20(34-11-10-32-5)13-17(18)22(27-4)30-15-16-8-9-29-21(12-16)24(25,26)23(2,3)31/h7-9,12-14,31H,10-11,15H2,1-6H3,(H,27,30)/b28-7+. The highest BCUT2D eigenvalue weighted by molar-refractivity contribution is 6.04. The van der Waals surface area contributed by atoms with Crippen LogP contribution in [0.4, 0.5) is 14.5 Å². The molecule has 2 N–H and O–H groups in total. The van der Waals surface area contributed by atoms with Gasteiger partial charge in [0.15, 0.2) is 11.5 Å². The fourth-order valence-electron chi connectivity index (χ4n) is 3.04. The van der Waals surface area contributed by atoms with E-state index in [-0.39, 0.29) is 6.54 Å². The number of amidine groups is 1. The lowest BCUT2D eigenvalue weighted by Crippen LogP contribution is -2.41. The van der Waals surface area contributed by atoms with Crippen LogP contribution >= 0.6 is 0 Å². The summed E-state index contributed by atoms with van der Waals surface area (Å²) in [6, 6.07) is 6.37. The first-order valence-electron chi connectivity index (χ1n) is 10.7. The van der Waals surface area contributed by atoms with E-state index in [4.69, 9.17) is 14.2 Å². The molecule has 1 aromatic carbocycles. The summed E-state index contributed by atoms with van der Waals surface area (Å²) in [5.41, 5.74) is -0.984. The highest BCUT2D eigenvalue weighted by atomic mass is 19.3. The Hall–Kier alpha value is -3.11. The maximum atomic E-state index is 14.5. The number of hydrogen-bond donors (Lipinski definition) is 2. The van der Waals surface area contributed by atoms with Crippen molar-refractivity contribution in [1.29, 1.82) is 0 Å². The predicted octanol–water partition coefficient (Wildman–Crippen LogP) is 3.87. The molecular formula is C24H32F2N4O4. The van der Waals surface area contributed by atoms with Gasteiger partial charge in [-0.25, -0.2) is 0 Å². The number of alkyl halides is 2. The van der Waals surface area contributed by atoms with Crippen LogP contribution < -0.4 is 14.8 Å². The van der Waals surface area contributed by atoms with Crippen LogP contribution in [0.25, 0.3) is 0 Å². The van der Waals surface area contributed by atoms with Gasteiger partial charge in [0.1, 0.15) is 23.7 Å². The molecule has 1 aromatic heterocycles. The Labute approximate surface area is 198 Å². The van der Waals surface area contributed by atoms with Crippen molar-refractivity contribution in [2.75, 3.05) is 34.5 Å². The van der Waals surface area contributed by atoms with Gasteiger partial charge in [0.25, 0.3) is 0 Å². The Morgan fingerprint density at radius 1 is 1.18 bits per heavy atom. The summed E-state index contributed by atoms with van der Waals surface area (Å²) >= 11 is 0. The summed E-state index contributed by atoms with van der Waals surface area (Å²) in [6.45, 7) is 4.80. The van der Waals surface area contributed by atoms with Gasteiger partial charge in [-0.2, -0.15) is 8.78 Å². The number of hydrogen-bond acceptors (Lipinski definition) is 7. The maximum absolute atomic E-state index is 14.5. The first-order chi connectivity index (χ1) is 16.1. The van der Waals surface area contributed by atoms with Crippen molar-refractivity contribution in [1.82, 2.24) is 10.3 Å². The van der Waals surface area contributed by atoms with Gasteiger partial charge < -0.3 is 24.6 Å². The lowest BCUT2D eigenvalue weighted by atomic mass is 9.96. The number of pyridine rings is 1. The quantitative estimate of drug-likeness (QED) is 0.289. The van der Waals surface area contributed by atoms with Crippen molar-refractivity contribution in [2.45, 2.75) is 38.8 Å². The van der Waals surface area contributed by atoms with Crippen LogP contribution in [0.15, 0.2) is 40.4 Å². The minimum absolute atomic E-state index is 0.186. The highest BCUT2D eigenvalue weighted by Gasteiger charge is 2.48. The van der Waals surface area contributed by atoms with Gasteiger partial charge in [-0.3, -0.25) is 15.0 Å². The number of ether oxygens (including phenoxy) is 3. The molecule has 186 valence electrons. The van der Waals surface area contributed by atoms with Crippen LogP contribution in [0.2, 0.25) is 0 Å². The average molecular weight is 479 g/mol. The third-order valence-corrected chi connectivity index (χ3v) is 4.95. The Balaban J connectivity index is 2.35. The fraction of sp³-hybridized carbons (Fsp3) is 0.458. The van der Waals surface area contributed by atoms with Crippen molar-refractivity contribution in [3.63, 3.8) is 0 Å². The Kier molecular flexibility index (Phi) is 9.46. The van der Waals surface area contributed by atoms with Crippen LogP contribution in [-0.2, 0) is 17.2 Å². The van der Waals surface area contributed by atoms with E-state index in [1.54, 1.807) is 45.5 Å². The third-order valence-electron chi connectivity index (χ3n) is 4.95. The molecule has 2 aromatic rings. The van der Waals surface area contributed by atoms with E-state index in [9.17, 15) is 13.9 Å². The predicted molar refractivity (Wildman–Crippen MR) is 128 cm³/mol. The topological polar surface area (TPSA) is 97.6 Å². The second-order valence-electron chi connectivity index (χ2n) is 7.86. The Bertz CT molecular complexity index is 1020. The average Bonchev–Trinajstić information content (AvgIpc) is 2.80. The van der Waals surface area contributed by atoms with E-state index in [0.717, 1.165) is 13.8 Å². The van der Waals surface area contributed by atoms with Gasteiger partial charge in [-0.05, 0) is 44.5 Å². The number of nitrogens with one attached hydrogen (secondary N) is 1. The molecular weight excluding hydrogens is 446 g/mol. The summed E-state index contributed by atoms with van der Waals surface area (Å²) in [5, 5.41) is 13.0. The van der Waals surface area contributed by atoms with E-state index in [1.165, 1.54) is 19.4 Å². The number of benzene rings is 1. The number of aliphatic hydroxyl groups is 1. The van der Waals surface area contributed by atoms with Gasteiger partial charge in [0.2, 0.25) is 0 Å². The normalized spacial score (nSPS) is 12.8. The van der Waals surface area contributed by atoms with E-state index in [2.05, 4.69) is 20.3 Å². The molecule has 10 heteroatoms. The first kappa shape index (κ1) is 27.1. The summed E-state index contributed by atoms with van der Waals surface area (Å²) in [7, 11) is 4.73. The zero-order chi connectivity index (χ0) is 25.4. The monoisotopic (exact) mass is 478 g/mol. The molecule has 0 radical (unpaired) electrons. The number of halogens is 2. The molecule has 0 spiro atoms. The molecule has 2 rings (SSSR count). The van der Waals surface area contributed by atoms with Gasteiger partial charge in [0, 0.05) is 44.7 Å². The molecule has 0 bridgehead atoms. The van der Waals surface area contributed by atoms with Crippen LogP contribution in [-0.4, -0.2) is 62.2 Å². The zero-order valence-electron chi connectivity index (χ0n) is 20.4. The molecule has 0 unspecified atom stereocenters. The van der Waals surface area contributed by atoms with Crippen molar-refractivity contribution in [2.24, 2.45) is 9.98 Å². The second-order valence-corrected chi connectivity index (χ2v) is 7.86. The molecule has 0 aliphatic heterocycles. The molecule has 0 fully saturated rings. The van der Waals surface area contributed by atoms with Crippen molar-refractivity contribution >= 4 is 17.7 Å². The number of nitrogens with zero attached hydrogens (tertiary/aromatic N) is 3. The molecule has 0 saturated heterocycles. The maximum Gasteiger partial charge on any atom is 0.317 e. The smallest absolute Gasteiger partial charge is 0.317 e. The molecule has 0 saturated carbocycles. The van der Waals surface area contributed by atoms with Crippen molar-refractivity contribution < 1.29 is 28.1 Å². The molecule has 34 heavy (non-hydrogen) atoms. The number of methoxy groups -OCH3 is 2. The summed E-state index contributed by atoms with van der Waals surface area (Å²) in [6.07, 6.45) is 2.93. The summed E-state index contributed by atoms with van der Waals surface area (Å²) in [5.74, 6) is -2.04. The van der Waals surface area contributed by atoms with Crippen molar-refractivity contribution in [3.05, 3.63) is 47.3 Å². The van der Waals surface area contributed by atoms with Crippen LogP contribution in [0.1, 0.15) is 37.6 Å². The Morgan fingerprint density at radius 2 is 1.91 bits per heavy atom. The molecule has 0 atom stereocenters. The van der Waals surface area contributed by atoms with E-state index in [1.807, 2.05) is 0 Å². The van der Waals surface area contributed by atoms with Gasteiger partial charge in [-0.1, -0.05) is 0 Å². The second kappa shape index (κ2) is 11.8. The Morgan fingerprint density at radius 3 is 2.50 bits per heavy atom. The SMILES string of the molecule is C/C=N/c1cc(OC)c(OCCOC)cc1/C(=N\C)NCc1ccnc(C(F)(F)C(C)(C)O)c1.